The van der Waals surface area contributed by atoms with Crippen molar-refractivity contribution < 1.29 is 9.90 Å². The van der Waals surface area contributed by atoms with Gasteiger partial charge < -0.3 is 10.0 Å². The van der Waals surface area contributed by atoms with Gasteiger partial charge in [0.1, 0.15) is 11.5 Å². The molecule has 0 aliphatic rings. The fraction of sp³-hybridized carbons (Fsp3) is 0.250. The zero-order valence-corrected chi connectivity index (χ0v) is 12.8. The Hall–Kier alpha value is -2.16. The van der Waals surface area contributed by atoms with Crippen LogP contribution in [-0.2, 0) is 6.54 Å². The fourth-order valence-corrected chi connectivity index (χ4v) is 2.71. The summed E-state index contributed by atoms with van der Waals surface area (Å²) in [5.74, 6) is 5.45. The van der Waals surface area contributed by atoms with Crippen molar-refractivity contribution in [2.75, 3.05) is 13.7 Å². The van der Waals surface area contributed by atoms with E-state index in [0.29, 0.717) is 11.4 Å². The lowest BCUT2D eigenvalue weighted by atomic mass is 10.1. The van der Waals surface area contributed by atoms with Gasteiger partial charge in [0.25, 0.3) is 5.91 Å². The summed E-state index contributed by atoms with van der Waals surface area (Å²) < 4.78 is 0. The Morgan fingerprint density at radius 2 is 2.29 bits per heavy atom. The largest absolute Gasteiger partial charge is 0.384 e. The summed E-state index contributed by atoms with van der Waals surface area (Å²) in [7, 11) is 1.77. The average Bonchev–Trinajstić information content (AvgIpc) is 2.90. The van der Waals surface area contributed by atoms with Crippen LogP contribution in [0.3, 0.4) is 0 Å². The standard InChI is InChI=1S/C16H16N2O2S/c1-12-15(21-11-17-12)16(20)18(2)10-14-6-3-5-13(9-14)7-4-8-19/h3,5-6,9,11,19H,8,10H2,1-2H3. The number of aliphatic hydroxyl groups is 1. The molecule has 21 heavy (non-hydrogen) atoms. The Morgan fingerprint density at radius 1 is 1.48 bits per heavy atom. The van der Waals surface area contributed by atoms with E-state index in [4.69, 9.17) is 5.11 Å². The molecule has 0 saturated heterocycles. The predicted octanol–water partition coefficient (Wildman–Crippen LogP) is 2.07. The maximum Gasteiger partial charge on any atom is 0.265 e. The normalized spacial score (nSPS) is 9.86. The molecule has 2 rings (SSSR count). The first kappa shape index (κ1) is 15.2. The Bertz CT molecular complexity index is 698. The van der Waals surface area contributed by atoms with Gasteiger partial charge in [0, 0.05) is 19.2 Å². The van der Waals surface area contributed by atoms with E-state index in [1.54, 1.807) is 17.5 Å². The molecule has 0 bridgehead atoms. The molecule has 1 aromatic carbocycles. The molecule has 1 heterocycles. The second kappa shape index (κ2) is 7.02. The van der Waals surface area contributed by atoms with E-state index in [1.807, 2.05) is 31.2 Å². The Morgan fingerprint density at radius 3 is 2.95 bits per heavy atom. The number of carbonyl (C=O) groups is 1. The Kier molecular flexibility index (Phi) is 5.09. The van der Waals surface area contributed by atoms with Crippen LogP contribution in [0.4, 0.5) is 0 Å². The molecule has 0 aliphatic carbocycles. The van der Waals surface area contributed by atoms with Crippen LogP contribution in [0.25, 0.3) is 0 Å². The first-order valence-electron chi connectivity index (χ1n) is 6.46. The van der Waals surface area contributed by atoms with E-state index in [0.717, 1.165) is 16.8 Å². The molecule has 4 nitrogen and oxygen atoms in total. The highest BCUT2D eigenvalue weighted by Crippen LogP contribution is 2.16. The van der Waals surface area contributed by atoms with Crippen molar-refractivity contribution in [3.63, 3.8) is 0 Å². The molecule has 0 fully saturated rings. The van der Waals surface area contributed by atoms with E-state index < -0.39 is 0 Å². The third kappa shape index (κ3) is 3.91. The number of carbonyl (C=O) groups excluding carboxylic acids is 1. The van der Waals surface area contributed by atoms with Gasteiger partial charge >= 0.3 is 0 Å². The molecule has 0 unspecified atom stereocenters. The second-order valence-corrected chi connectivity index (χ2v) is 5.44. The van der Waals surface area contributed by atoms with E-state index in [1.165, 1.54) is 11.3 Å². The minimum absolute atomic E-state index is 0.0261. The van der Waals surface area contributed by atoms with Gasteiger partial charge in [-0.25, -0.2) is 4.98 Å². The number of rotatable bonds is 3. The van der Waals surface area contributed by atoms with Crippen molar-refractivity contribution in [1.82, 2.24) is 9.88 Å². The minimum Gasteiger partial charge on any atom is -0.384 e. The highest BCUT2D eigenvalue weighted by atomic mass is 32.1. The number of nitrogens with zero attached hydrogens (tertiary/aromatic N) is 2. The van der Waals surface area contributed by atoms with Crippen molar-refractivity contribution in [3.05, 3.63) is 51.5 Å². The predicted molar refractivity (Wildman–Crippen MR) is 83.1 cm³/mol. The number of thiazole rings is 1. The molecular formula is C16H16N2O2S. The summed E-state index contributed by atoms with van der Waals surface area (Å²) in [6.45, 7) is 2.18. The molecular weight excluding hydrogens is 284 g/mol. The van der Waals surface area contributed by atoms with E-state index in [-0.39, 0.29) is 12.5 Å². The first-order valence-corrected chi connectivity index (χ1v) is 7.34. The first-order chi connectivity index (χ1) is 10.1. The number of hydrogen-bond acceptors (Lipinski definition) is 4. The number of aliphatic hydroxyl groups excluding tert-OH is 1. The number of benzene rings is 1. The van der Waals surface area contributed by atoms with Crippen molar-refractivity contribution in [3.8, 4) is 11.8 Å². The van der Waals surface area contributed by atoms with Gasteiger partial charge in [-0.15, -0.1) is 11.3 Å². The summed E-state index contributed by atoms with van der Waals surface area (Å²) in [5.41, 5.74) is 4.27. The molecule has 0 spiro atoms. The Balaban J connectivity index is 2.11. The molecule has 5 heteroatoms. The van der Waals surface area contributed by atoms with Crippen LogP contribution in [-0.4, -0.2) is 34.6 Å². The monoisotopic (exact) mass is 300 g/mol. The Labute approximate surface area is 128 Å². The number of amides is 1. The van der Waals surface area contributed by atoms with Crippen LogP contribution in [0.1, 0.15) is 26.5 Å². The van der Waals surface area contributed by atoms with Crippen molar-refractivity contribution in [2.45, 2.75) is 13.5 Å². The lowest BCUT2D eigenvalue weighted by Gasteiger charge is -2.16. The summed E-state index contributed by atoms with van der Waals surface area (Å²) in [4.78, 5) is 18.8. The highest BCUT2D eigenvalue weighted by Gasteiger charge is 2.16. The number of hydrogen-bond donors (Lipinski definition) is 1. The van der Waals surface area contributed by atoms with Crippen LogP contribution in [0.2, 0.25) is 0 Å². The van der Waals surface area contributed by atoms with Crippen LogP contribution in [0.5, 0.6) is 0 Å². The molecule has 2 aromatic rings. The molecule has 1 amide bonds. The zero-order chi connectivity index (χ0) is 15.2. The molecule has 108 valence electrons. The highest BCUT2D eigenvalue weighted by molar-refractivity contribution is 7.11. The van der Waals surface area contributed by atoms with Crippen LogP contribution in [0.15, 0.2) is 29.8 Å². The molecule has 0 saturated carbocycles. The van der Waals surface area contributed by atoms with Gasteiger partial charge in [-0.05, 0) is 24.6 Å². The molecule has 0 aliphatic heterocycles. The fourth-order valence-electron chi connectivity index (χ4n) is 1.92. The lowest BCUT2D eigenvalue weighted by Crippen LogP contribution is -2.26. The SMILES string of the molecule is Cc1ncsc1C(=O)N(C)Cc1cccc(C#CCO)c1. The number of aryl methyl sites for hydroxylation is 1. The van der Waals surface area contributed by atoms with Gasteiger partial charge in [0.15, 0.2) is 0 Å². The maximum atomic E-state index is 12.3. The number of aromatic nitrogens is 1. The summed E-state index contributed by atoms with van der Waals surface area (Å²) in [5, 5.41) is 8.72. The van der Waals surface area contributed by atoms with Crippen molar-refractivity contribution >= 4 is 17.2 Å². The smallest absolute Gasteiger partial charge is 0.265 e. The average molecular weight is 300 g/mol. The van der Waals surface area contributed by atoms with Gasteiger partial charge in [-0.1, -0.05) is 24.0 Å². The summed E-state index contributed by atoms with van der Waals surface area (Å²) in [6.07, 6.45) is 0. The topological polar surface area (TPSA) is 53.4 Å². The van der Waals surface area contributed by atoms with Crippen molar-refractivity contribution in [1.29, 1.82) is 0 Å². The van der Waals surface area contributed by atoms with Crippen LogP contribution in [0, 0.1) is 18.8 Å². The van der Waals surface area contributed by atoms with Gasteiger partial charge in [-0.2, -0.15) is 0 Å². The lowest BCUT2D eigenvalue weighted by molar-refractivity contribution is 0.0789. The molecule has 1 N–H and O–H groups in total. The zero-order valence-electron chi connectivity index (χ0n) is 12.0. The molecule has 1 aromatic heterocycles. The van der Waals surface area contributed by atoms with E-state index >= 15 is 0 Å². The molecule has 0 atom stereocenters. The van der Waals surface area contributed by atoms with Crippen LogP contribution < -0.4 is 0 Å². The van der Waals surface area contributed by atoms with Crippen molar-refractivity contribution in [2.24, 2.45) is 0 Å². The van der Waals surface area contributed by atoms with E-state index in [2.05, 4.69) is 16.8 Å². The van der Waals surface area contributed by atoms with Crippen LogP contribution >= 0.6 is 11.3 Å². The van der Waals surface area contributed by atoms with Gasteiger partial charge in [0.2, 0.25) is 0 Å². The van der Waals surface area contributed by atoms with E-state index in [9.17, 15) is 4.79 Å². The maximum absolute atomic E-state index is 12.3. The quantitative estimate of drug-likeness (QED) is 0.883. The molecule has 0 radical (unpaired) electrons. The van der Waals surface area contributed by atoms with Gasteiger partial charge in [0.05, 0.1) is 11.2 Å². The minimum atomic E-state index is -0.159. The summed E-state index contributed by atoms with van der Waals surface area (Å²) >= 11 is 1.36. The summed E-state index contributed by atoms with van der Waals surface area (Å²) in [6, 6.07) is 7.65. The van der Waals surface area contributed by atoms with Gasteiger partial charge in [-0.3, -0.25) is 4.79 Å². The third-order valence-corrected chi connectivity index (χ3v) is 3.86. The third-order valence-electron chi connectivity index (χ3n) is 2.94. The second-order valence-electron chi connectivity index (χ2n) is 4.59.